The van der Waals surface area contributed by atoms with Crippen molar-refractivity contribution in [1.29, 1.82) is 0 Å². The van der Waals surface area contributed by atoms with Crippen molar-refractivity contribution in [2.24, 2.45) is 5.16 Å². The molecular formula is C24H30BrN5O2. The summed E-state index contributed by atoms with van der Waals surface area (Å²) in [7, 11) is 6.22. The van der Waals surface area contributed by atoms with E-state index >= 15 is 0 Å². The predicted molar refractivity (Wildman–Crippen MR) is 135 cm³/mol. The molecule has 0 aliphatic carbocycles. The maximum atomic E-state index is 11.1. The standard InChI is InChI=1S/C24H30BrN5O2/c1-17(20-15-18(25)9-10-21(20)26-16-31)23-24(19-7-5-6-8-22(19)27-23)28-32-14-13-30(4)12-11-29(2)3/h5-10,15-16,27H,11-14H2,1-4H3,(H,26,31)/b23-17+,28-24+. The van der Waals surface area contributed by atoms with Gasteiger partial charge in [0.05, 0.1) is 5.70 Å². The number of rotatable bonds is 10. The molecule has 32 heavy (non-hydrogen) atoms. The fourth-order valence-electron chi connectivity index (χ4n) is 3.43. The molecule has 7 nitrogen and oxygen atoms in total. The largest absolute Gasteiger partial charge is 0.394 e. The van der Waals surface area contributed by atoms with Gasteiger partial charge in [-0.3, -0.25) is 4.79 Å². The van der Waals surface area contributed by atoms with Crippen LogP contribution in [0, 0.1) is 0 Å². The summed E-state index contributed by atoms with van der Waals surface area (Å²) in [5.41, 5.74) is 6.17. The molecule has 1 aliphatic heterocycles. The second-order valence-electron chi connectivity index (χ2n) is 8.00. The van der Waals surface area contributed by atoms with E-state index in [0.717, 1.165) is 63.6 Å². The summed E-state index contributed by atoms with van der Waals surface area (Å²) in [6.45, 7) is 5.26. The molecule has 1 aliphatic rings. The number of carbonyl (C=O) groups excluding carboxylic acids is 1. The van der Waals surface area contributed by atoms with Crippen molar-refractivity contribution in [3.05, 3.63) is 63.8 Å². The fraction of sp³-hybridized carbons (Fsp3) is 0.333. The highest BCUT2D eigenvalue weighted by Crippen LogP contribution is 2.36. The minimum absolute atomic E-state index is 0.497. The van der Waals surface area contributed by atoms with Crippen LogP contribution in [0.25, 0.3) is 5.57 Å². The molecule has 2 N–H and O–H groups in total. The molecule has 3 rings (SSSR count). The molecular weight excluding hydrogens is 470 g/mol. The van der Waals surface area contributed by atoms with E-state index < -0.39 is 0 Å². The quantitative estimate of drug-likeness (QED) is 0.292. The number of benzene rings is 2. The molecule has 1 heterocycles. The van der Waals surface area contributed by atoms with Gasteiger partial charge in [-0.2, -0.15) is 0 Å². The molecule has 0 unspecified atom stereocenters. The number of fused-ring (bicyclic) bond motifs is 1. The maximum Gasteiger partial charge on any atom is 0.211 e. The van der Waals surface area contributed by atoms with Crippen LogP contribution < -0.4 is 10.6 Å². The van der Waals surface area contributed by atoms with Crippen molar-refractivity contribution in [2.75, 3.05) is 58.0 Å². The van der Waals surface area contributed by atoms with Gasteiger partial charge in [-0.15, -0.1) is 0 Å². The van der Waals surface area contributed by atoms with E-state index in [2.05, 4.69) is 62.7 Å². The number of nitrogens with zero attached hydrogens (tertiary/aromatic N) is 3. The number of allylic oxidation sites excluding steroid dienone is 2. The molecule has 170 valence electrons. The summed E-state index contributed by atoms with van der Waals surface area (Å²) in [5, 5.41) is 10.8. The summed E-state index contributed by atoms with van der Waals surface area (Å²) in [6.07, 6.45) is 0.687. The van der Waals surface area contributed by atoms with Crippen LogP contribution in [0.2, 0.25) is 0 Å². The molecule has 0 saturated carbocycles. The Balaban J connectivity index is 1.86. The first-order valence-electron chi connectivity index (χ1n) is 10.5. The van der Waals surface area contributed by atoms with E-state index in [0.29, 0.717) is 13.0 Å². The minimum Gasteiger partial charge on any atom is -0.394 e. The van der Waals surface area contributed by atoms with Gasteiger partial charge in [0.25, 0.3) is 0 Å². The van der Waals surface area contributed by atoms with Gasteiger partial charge in [0, 0.05) is 46.6 Å². The number of carbonyl (C=O) groups is 1. The van der Waals surface area contributed by atoms with Crippen LogP contribution in [0.15, 0.2) is 57.8 Å². The Morgan fingerprint density at radius 3 is 2.69 bits per heavy atom. The molecule has 0 radical (unpaired) electrons. The highest BCUT2D eigenvalue weighted by atomic mass is 79.9. The van der Waals surface area contributed by atoms with Gasteiger partial charge in [-0.1, -0.05) is 39.3 Å². The van der Waals surface area contributed by atoms with Gasteiger partial charge in [0.15, 0.2) is 0 Å². The minimum atomic E-state index is 0.497. The number of amides is 1. The predicted octanol–water partition coefficient (Wildman–Crippen LogP) is 4.09. The average Bonchev–Trinajstić information content (AvgIpc) is 3.14. The third-order valence-corrected chi connectivity index (χ3v) is 5.80. The van der Waals surface area contributed by atoms with Crippen molar-refractivity contribution < 1.29 is 9.63 Å². The number of hydrogen-bond donors (Lipinski definition) is 2. The smallest absolute Gasteiger partial charge is 0.211 e. The van der Waals surface area contributed by atoms with Crippen molar-refractivity contribution in [1.82, 2.24) is 9.80 Å². The van der Waals surface area contributed by atoms with Gasteiger partial charge in [-0.05, 0) is 57.9 Å². The second-order valence-corrected chi connectivity index (χ2v) is 8.92. The zero-order valence-corrected chi connectivity index (χ0v) is 20.6. The van der Waals surface area contributed by atoms with E-state index in [1.165, 1.54) is 0 Å². The number of anilines is 2. The van der Waals surface area contributed by atoms with Gasteiger partial charge in [0.2, 0.25) is 6.41 Å². The Morgan fingerprint density at radius 2 is 1.94 bits per heavy atom. The zero-order valence-electron chi connectivity index (χ0n) is 19.0. The van der Waals surface area contributed by atoms with E-state index in [1.54, 1.807) is 0 Å². The SMILES string of the molecule is C/C(=C1\Nc2ccccc2\C1=N/OCCN(C)CCN(C)C)c1cc(Br)ccc1NC=O. The molecule has 0 spiro atoms. The van der Waals surface area contributed by atoms with E-state index in [1.807, 2.05) is 49.4 Å². The van der Waals surface area contributed by atoms with Crippen molar-refractivity contribution in [2.45, 2.75) is 6.92 Å². The topological polar surface area (TPSA) is 69.2 Å². The van der Waals surface area contributed by atoms with Crippen LogP contribution in [0.5, 0.6) is 0 Å². The lowest BCUT2D eigenvalue weighted by Gasteiger charge is -2.18. The van der Waals surface area contributed by atoms with Crippen molar-refractivity contribution in [3.8, 4) is 0 Å². The molecule has 0 atom stereocenters. The summed E-state index contributed by atoms with van der Waals surface area (Å²) in [4.78, 5) is 21.2. The average molecular weight is 500 g/mol. The monoisotopic (exact) mass is 499 g/mol. The number of hydrogen-bond acceptors (Lipinski definition) is 6. The Morgan fingerprint density at radius 1 is 1.16 bits per heavy atom. The van der Waals surface area contributed by atoms with Crippen molar-refractivity contribution in [3.63, 3.8) is 0 Å². The Kier molecular flexibility index (Phi) is 8.44. The Labute approximate surface area is 198 Å². The molecule has 0 bridgehead atoms. The Bertz CT molecular complexity index is 1020. The number of para-hydroxylation sites is 1. The van der Waals surface area contributed by atoms with Crippen LogP contribution in [0.3, 0.4) is 0 Å². The lowest BCUT2D eigenvalue weighted by molar-refractivity contribution is -0.105. The van der Waals surface area contributed by atoms with Crippen LogP contribution in [-0.4, -0.2) is 69.3 Å². The van der Waals surface area contributed by atoms with E-state index in [-0.39, 0.29) is 0 Å². The highest BCUT2D eigenvalue weighted by Gasteiger charge is 2.26. The Hall–Kier alpha value is -2.68. The summed E-state index contributed by atoms with van der Waals surface area (Å²) < 4.78 is 0.926. The third kappa shape index (κ3) is 5.97. The number of oxime groups is 1. The molecule has 8 heteroatoms. The zero-order chi connectivity index (χ0) is 23.1. The molecule has 0 saturated heterocycles. The third-order valence-electron chi connectivity index (χ3n) is 5.30. The lowest BCUT2D eigenvalue weighted by Crippen LogP contribution is -2.30. The summed E-state index contributed by atoms with van der Waals surface area (Å²) in [6, 6.07) is 13.8. The molecule has 0 fully saturated rings. The van der Waals surface area contributed by atoms with Crippen LogP contribution in [0.4, 0.5) is 11.4 Å². The first kappa shape index (κ1) is 24.0. The van der Waals surface area contributed by atoms with E-state index in [9.17, 15) is 4.79 Å². The summed E-state index contributed by atoms with van der Waals surface area (Å²) >= 11 is 3.53. The molecule has 2 aromatic carbocycles. The van der Waals surface area contributed by atoms with Gasteiger partial charge >= 0.3 is 0 Å². The molecule has 2 aromatic rings. The number of nitrogens with one attached hydrogen (secondary N) is 2. The molecule has 1 amide bonds. The van der Waals surface area contributed by atoms with Gasteiger partial charge in [0.1, 0.15) is 12.3 Å². The van der Waals surface area contributed by atoms with Crippen LogP contribution in [-0.2, 0) is 9.63 Å². The van der Waals surface area contributed by atoms with Crippen LogP contribution in [0.1, 0.15) is 18.1 Å². The highest BCUT2D eigenvalue weighted by molar-refractivity contribution is 9.10. The number of halogens is 1. The summed E-state index contributed by atoms with van der Waals surface area (Å²) in [5.74, 6) is 0. The van der Waals surface area contributed by atoms with Crippen molar-refractivity contribution >= 4 is 45.0 Å². The molecule has 0 aromatic heterocycles. The second kappa shape index (κ2) is 11.3. The maximum absolute atomic E-state index is 11.1. The fourth-order valence-corrected chi connectivity index (χ4v) is 3.79. The van der Waals surface area contributed by atoms with Crippen LogP contribution >= 0.6 is 15.9 Å². The normalized spacial score (nSPS) is 15.7. The lowest BCUT2D eigenvalue weighted by atomic mass is 10.0. The number of likely N-dealkylation sites (N-methyl/N-ethyl adjacent to an activating group) is 2. The van der Waals surface area contributed by atoms with E-state index in [4.69, 9.17) is 4.84 Å². The van der Waals surface area contributed by atoms with Gasteiger partial charge < -0.3 is 25.3 Å². The first-order chi connectivity index (χ1) is 15.4. The first-order valence-corrected chi connectivity index (χ1v) is 11.3. The van der Waals surface area contributed by atoms with Gasteiger partial charge in [-0.25, -0.2) is 0 Å².